The third kappa shape index (κ3) is 15.4. The fourth-order valence-corrected chi connectivity index (χ4v) is 18.5. The minimum Gasteiger partial charge on any atom is -0.457 e. The van der Waals surface area contributed by atoms with Gasteiger partial charge < -0.3 is 32.6 Å². The van der Waals surface area contributed by atoms with Crippen molar-refractivity contribution in [3.63, 3.8) is 0 Å². The highest BCUT2D eigenvalue weighted by Gasteiger charge is 2.51. The van der Waals surface area contributed by atoms with Gasteiger partial charge in [0.25, 0.3) is 0 Å². The molecule has 60 heavy (non-hydrogen) atoms. The number of esters is 2. The summed E-state index contributed by atoms with van der Waals surface area (Å²) in [4.78, 5) is 26.1. The summed E-state index contributed by atoms with van der Waals surface area (Å²) in [7, 11) is -5.90. The van der Waals surface area contributed by atoms with E-state index < -0.39 is 60.4 Å². The largest absolute Gasteiger partial charge is 0.457 e. The standard InChI is InChI=1S/C48H90O9Si3/c1-17-41(56-59(21-5,22-6)23-7)38(13)46-42(53-46)35-47(15,57-60(24-8,25-9)26-10)32-27-28-36(11)45-37(12)29-30-43(52-39(14)49)48(16,51)33-31-40(34-44(50)54-45)55-58(18-2,19-3)20-4/h27-30,32,37-38,40-43,45-46,51H,17-26,31,33-35H2,1-16H3/b30-29+,32-27+,36-28+/t37-,38+,40+,41-,42-,43-,45+,46-,47-,48+/m0/s1. The summed E-state index contributed by atoms with van der Waals surface area (Å²) in [5.41, 5.74) is -1.04. The van der Waals surface area contributed by atoms with E-state index in [1.165, 1.54) is 6.92 Å². The predicted molar refractivity (Wildman–Crippen MR) is 255 cm³/mol. The average molecular weight is 895 g/mol. The van der Waals surface area contributed by atoms with Crippen LogP contribution in [-0.4, -0.2) is 89.8 Å². The van der Waals surface area contributed by atoms with Crippen molar-refractivity contribution in [2.75, 3.05) is 0 Å². The Hall–Kier alpha value is -1.39. The van der Waals surface area contributed by atoms with Crippen molar-refractivity contribution in [3.8, 4) is 0 Å². The predicted octanol–water partition coefficient (Wildman–Crippen LogP) is 12.2. The molecule has 0 aromatic heterocycles. The van der Waals surface area contributed by atoms with Crippen LogP contribution in [0.2, 0.25) is 54.4 Å². The minimum atomic E-state index is -2.10. The van der Waals surface area contributed by atoms with Crippen molar-refractivity contribution in [3.05, 3.63) is 36.0 Å². The molecule has 0 aliphatic carbocycles. The maximum absolute atomic E-state index is 13.9. The number of allylic oxidation sites excluding steroid dienone is 2. The first-order valence-electron chi connectivity index (χ1n) is 24.0. The first-order valence-corrected chi connectivity index (χ1v) is 31.6. The lowest BCUT2D eigenvalue weighted by atomic mass is 9.88. The fourth-order valence-electron chi connectivity index (χ4n) is 9.45. The van der Waals surface area contributed by atoms with Crippen LogP contribution < -0.4 is 0 Å². The Morgan fingerprint density at radius 1 is 0.917 bits per heavy atom. The summed E-state index contributed by atoms with van der Waals surface area (Å²) in [5.74, 6) is -0.775. The molecule has 1 fully saturated rings. The number of epoxide rings is 1. The number of hydrogen-bond acceptors (Lipinski definition) is 9. The monoisotopic (exact) mass is 895 g/mol. The number of cyclic esters (lactones) is 1. The van der Waals surface area contributed by atoms with Gasteiger partial charge in [-0.3, -0.25) is 9.59 Å². The van der Waals surface area contributed by atoms with Crippen LogP contribution in [0.4, 0.5) is 0 Å². The normalized spacial score (nSPS) is 28.9. The van der Waals surface area contributed by atoms with Gasteiger partial charge in [0, 0.05) is 31.3 Å². The second-order valence-electron chi connectivity index (χ2n) is 18.7. The van der Waals surface area contributed by atoms with Gasteiger partial charge in [-0.1, -0.05) is 107 Å². The van der Waals surface area contributed by atoms with Crippen molar-refractivity contribution in [2.45, 2.75) is 245 Å². The number of ether oxygens (including phenoxy) is 3. The first-order chi connectivity index (χ1) is 28.2. The van der Waals surface area contributed by atoms with E-state index >= 15 is 0 Å². The Kier molecular flexibility index (Phi) is 22.5. The minimum absolute atomic E-state index is 0.0838. The second-order valence-corrected chi connectivity index (χ2v) is 32.8. The maximum Gasteiger partial charge on any atom is 0.308 e. The highest BCUT2D eigenvalue weighted by Crippen LogP contribution is 2.42. The molecule has 2 heterocycles. The van der Waals surface area contributed by atoms with Crippen molar-refractivity contribution in [1.82, 2.24) is 0 Å². The molecule has 0 aromatic rings. The zero-order valence-electron chi connectivity index (χ0n) is 41.1. The van der Waals surface area contributed by atoms with Crippen LogP contribution in [0.15, 0.2) is 36.0 Å². The molecule has 0 bridgehead atoms. The van der Waals surface area contributed by atoms with E-state index in [0.29, 0.717) is 18.8 Å². The topological polar surface area (TPSA) is 113 Å². The van der Waals surface area contributed by atoms with Crippen LogP contribution in [0.3, 0.4) is 0 Å². The van der Waals surface area contributed by atoms with Crippen molar-refractivity contribution in [2.24, 2.45) is 11.8 Å². The molecule has 1 saturated heterocycles. The highest BCUT2D eigenvalue weighted by molar-refractivity contribution is 6.74. The summed E-state index contributed by atoms with van der Waals surface area (Å²) < 4.78 is 39.8. The number of carbonyl (C=O) groups excluding carboxylic acids is 2. The lowest BCUT2D eigenvalue weighted by Gasteiger charge is -2.39. The quantitative estimate of drug-likeness (QED) is 0.0333. The van der Waals surface area contributed by atoms with E-state index in [1.807, 2.05) is 26.0 Å². The molecule has 0 saturated carbocycles. The number of carbonyl (C=O) groups is 2. The number of rotatable bonds is 24. The van der Waals surface area contributed by atoms with Gasteiger partial charge in [0.15, 0.2) is 25.0 Å². The van der Waals surface area contributed by atoms with Crippen molar-refractivity contribution in [1.29, 1.82) is 0 Å². The molecule has 12 heteroatoms. The molecular formula is C48H90O9Si3. The van der Waals surface area contributed by atoms with Crippen LogP contribution in [0.1, 0.15) is 143 Å². The number of hydrogen-bond donors (Lipinski definition) is 1. The molecular weight excluding hydrogens is 805 g/mol. The molecule has 9 nitrogen and oxygen atoms in total. The van der Waals surface area contributed by atoms with Crippen LogP contribution >= 0.6 is 0 Å². The maximum atomic E-state index is 13.9. The Bertz CT molecular complexity index is 1380. The molecule has 2 aliphatic heterocycles. The van der Waals surface area contributed by atoms with Crippen molar-refractivity contribution < 1.29 is 42.2 Å². The fraction of sp³-hybridized carbons (Fsp3) is 0.833. The van der Waals surface area contributed by atoms with E-state index in [4.69, 9.17) is 27.5 Å². The Labute approximate surface area is 370 Å². The lowest BCUT2D eigenvalue weighted by molar-refractivity contribution is -0.157. The summed E-state index contributed by atoms with van der Waals surface area (Å²) >= 11 is 0. The third-order valence-electron chi connectivity index (χ3n) is 14.7. The second kappa shape index (κ2) is 24.6. The molecule has 2 rings (SSSR count). The van der Waals surface area contributed by atoms with Crippen LogP contribution in [0.5, 0.6) is 0 Å². The van der Waals surface area contributed by atoms with Gasteiger partial charge in [-0.15, -0.1) is 0 Å². The molecule has 348 valence electrons. The first kappa shape index (κ1) is 54.7. The van der Waals surface area contributed by atoms with E-state index in [1.54, 1.807) is 13.0 Å². The van der Waals surface area contributed by atoms with Gasteiger partial charge in [0.2, 0.25) is 0 Å². The SMILES string of the molecule is CC[C@H](O[Si](CC)(CC)CC)[C@@H](C)[C@@H]1O[C@H]1C[C@](C)(/C=C/C=C(\C)[C@H]1OC(=O)C[C@H](O[Si](CC)(CC)CC)CC[C@@](C)(O)[C@@H](OC(C)=O)/C=C/[C@@H]1C)O[Si](CC)(CC)CC. The van der Waals surface area contributed by atoms with E-state index in [0.717, 1.165) is 72.8 Å². The molecule has 0 aromatic carbocycles. The van der Waals surface area contributed by atoms with Crippen molar-refractivity contribution >= 4 is 36.9 Å². The van der Waals surface area contributed by atoms with Crippen LogP contribution in [0.25, 0.3) is 0 Å². The van der Waals surface area contributed by atoms with Gasteiger partial charge in [-0.25, -0.2) is 0 Å². The number of aliphatic hydroxyl groups is 1. The van der Waals surface area contributed by atoms with Crippen LogP contribution in [-0.2, 0) is 37.1 Å². The average Bonchev–Trinajstić information content (AvgIpc) is 3.99. The molecule has 0 radical (unpaired) electrons. The Morgan fingerprint density at radius 3 is 1.97 bits per heavy atom. The third-order valence-corrected chi connectivity index (χ3v) is 28.8. The van der Waals surface area contributed by atoms with Gasteiger partial charge in [0.1, 0.15) is 17.8 Å². The Balaban J connectivity index is 2.52. The van der Waals surface area contributed by atoms with E-state index in [2.05, 4.69) is 95.2 Å². The van der Waals surface area contributed by atoms with Gasteiger partial charge in [-0.2, -0.15) is 0 Å². The molecule has 0 amide bonds. The van der Waals surface area contributed by atoms with Gasteiger partial charge in [0.05, 0.1) is 30.3 Å². The summed E-state index contributed by atoms with van der Waals surface area (Å²) in [6.07, 6.45) is 11.0. The molecule has 0 unspecified atom stereocenters. The smallest absolute Gasteiger partial charge is 0.308 e. The van der Waals surface area contributed by atoms with E-state index in [9.17, 15) is 14.7 Å². The van der Waals surface area contributed by atoms with Crippen LogP contribution in [0, 0.1) is 11.8 Å². The zero-order chi connectivity index (χ0) is 45.5. The highest BCUT2D eigenvalue weighted by atomic mass is 28.4. The van der Waals surface area contributed by atoms with E-state index in [-0.39, 0.29) is 36.6 Å². The molecule has 1 N–H and O–H groups in total. The summed E-state index contributed by atoms with van der Waals surface area (Å²) in [6.45, 7) is 34.0. The molecule has 10 atom stereocenters. The lowest BCUT2D eigenvalue weighted by Crippen LogP contribution is -2.46. The van der Waals surface area contributed by atoms with Gasteiger partial charge >= 0.3 is 11.9 Å². The summed E-state index contributed by atoms with van der Waals surface area (Å²) in [5, 5.41) is 11.7. The molecule has 0 spiro atoms. The zero-order valence-corrected chi connectivity index (χ0v) is 44.1. The Morgan fingerprint density at radius 2 is 1.47 bits per heavy atom. The summed E-state index contributed by atoms with van der Waals surface area (Å²) in [6, 6.07) is 9.36. The molecule has 2 aliphatic rings. The van der Waals surface area contributed by atoms with Gasteiger partial charge in [-0.05, 0) is 106 Å².